The molecule has 0 aliphatic carbocycles. The van der Waals surface area contributed by atoms with E-state index in [1.807, 2.05) is 0 Å². The summed E-state index contributed by atoms with van der Waals surface area (Å²) in [6.07, 6.45) is 9.99. The molecule has 1 radical (unpaired) electrons. The lowest BCUT2D eigenvalue weighted by Crippen LogP contribution is -1.90. The van der Waals surface area contributed by atoms with Crippen molar-refractivity contribution in [3.05, 3.63) is 6.42 Å². The Balaban J connectivity index is 2.80. The van der Waals surface area contributed by atoms with Crippen LogP contribution in [0.25, 0.3) is 0 Å². The maximum atomic E-state index is 5.80. The fourth-order valence-corrected chi connectivity index (χ4v) is 1.19. The molecule has 0 spiro atoms. The summed E-state index contributed by atoms with van der Waals surface area (Å²) in [5, 5.41) is 0.356. The van der Waals surface area contributed by atoms with E-state index in [1.54, 1.807) is 0 Å². The molecule has 0 aromatic heterocycles. The Hall–Kier alpha value is 0.290. The lowest BCUT2D eigenvalue weighted by atomic mass is 10.1. The van der Waals surface area contributed by atoms with Gasteiger partial charge in [0.1, 0.15) is 0 Å². The van der Waals surface area contributed by atoms with Crippen LogP contribution >= 0.6 is 11.6 Å². The zero-order valence-corrected chi connectivity index (χ0v) is 8.53. The molecule has 0 aromatic rings. The van der Waals surface area contributed by atoms with Gasteiger partial charge in [0.15, 0.2) is 0 Å². The molecule has 0 aromatic carbocycles. The molecule has 0 heterocycles. The first-order chi connectivity index (χ1) is 5.27. The minimum atomic E-state index is 0.356. The molecular formula is C10H20Cl. The Kier molecular flexibility index (Phi) is 8.61. The third-order valence-electron chi connectivity index (χ3n) is 1.77. The quantitative estimate of drug-likeness (QED) is 0.402. The molecule has 0 saturated carbocycles. The van der Waals surface area contributed by atoms with Crippen LogP contribution in [0.1, 0.15) is 52.4 Å². The van der Waals surface area contributed by atoms with Crippen molar-refractivity contribution >= 4 is 11.6 Å². The summed E-state index contributed by atoms with van der Waals surface area (Å²) in [6.45, 7) is 4.29. The van der Waals surface area contributed by atoms with E-state index in [0.717, 1.165) is 6.42 Å². The summed E-state index contributed by atoms with van der Waals surface area (Å²) in [5.41, 5.74) is 0. The molecule has 67 valence electrons. The summed E-state index contributed by atoms with van der Waals surface area (Å²) < 4.78 is 0. The lowest BCUT2D eigenvalue weighted by Gasteiger charge is -2.01. The van der Waals surface area contributed by atoms with E-state index in [-0.39, 0.29) is 0 Å². The van der Waals surface area contributed by atoms with E-state index < -0.39 is 0 Å². The maximum absolute atomic E-state index is 5.80. The number of hydrogen-bond donors (Lipinski definition) is 0. The smallest absolute Gasteiger partial charge is 0.0307 e. The van der Waals surface area contributed by atoms with Crippen LogP contribution in [0, 0.1) is 6.42 Å². The van der Waals surface area contributed by atoms with Gasteiger partial charge in [0.2, 0.25) is 0 Å². The molecule has 0 saturated heterocycles. The highest BCUT2D eigenvalue weighted by Crippen LogP contribution is 2.09. The summed E-state index contributed by atoms with van der Waals surface area (Å²) in [4.78, 5) is 0. The largest absolute Gasteiger partial charge is 0.123 e. The van der Waals surface area contributed by atoms with Gasteiger partial charge in [-0.3, -0.25) is 0 Å². The predicted octanol–water partition coefficient (Wildman–Crippen LogP) is 4.18. The summed E-state index contributed by atoms with van der Waals surface area (Å²) in [5.74, 6) is 0. The molecule has 0 amide bonds. The van der Waals surface area contributed by atoms with Crippen molar-refractivity contribution in [3.63, 3.8) is 0 Å². The lowest BCUT2D eigenvalue weighted by molar-refractivity contribution is 0.677. The van der Waals surface area contributed by atoms with Crippen LogP contribution in [0.15, 0.2) is 0 Å². The van der Waals surface area contributed by atoms with Crippen LogP contribution in [0.3, 0.4) is 0 Å². The van der Waals surface area contributed by atoms with E-state index in [2.05, 4.69) is 20.3 Å². The molecule has 1 unspecified atom stereocenters. The molecular weight excluding hydrogens is 156 g/mol. The van der Waals surface area contributed by atoms with Crippen LogP contribution in [0.4, 0.5) is 0 Å². The van der Waals surface area contributed by atoms with Crippen LogP contribution < -0.4 is 0 Å². The second-order valence-corrected chi connectivity index (χ2v) is 3.89. The van der Waals surface area contributed by atoms with Crippen molar-refractivity contribution in [1.29, 1.82) is 0 Å². The van der Waals surface area contributed by atoms with Crippen molar-refractivity contribution in [2.75, 3.05) is 0 Å². The van der Waals surface area contributed by atoms with Gasteiger partial charge in [-0.2, -0.15) is 0 Å². The average Bonchev–Trinajstić information content (AvgIpc) is 1.96. The van der Waals surface area contributed by atoms with Gasteiger partial charge in [0, 0.05) is 5.38 Å². The molecule has 11 heavy (non-hydrogen) atoms. The fraction of sp³-hybridized carbons (Fsp3) is 0.900. The van der Waals surface area contributed by atoms with Crippen molar-refractivity contribution in [1.82, 2.24) is 0 Å². The highest BCUT2D eigenvalue weighted by Gasteiger charge is 1.95. The van der Waals surface area contributed by atoms with Crippen molar-refractivity contribution in [2.24, 2.45) is 0 Å². The van der Waals surface area contributed by atoms with Gasteiger partial charge < -0.3 is 0 Å². The minimum absolute atomic E-state index is 0.356. The Morgan fingerprint density at radius 3 is 2.45 bits per heavy atom. The first-order valence-corrected chi connectivity index (χ1v) is 5.16. The first-order valence-electron chi connectivity index (χ1n) is 4.73. The zero-order valence-electron chi connectivity index (χ0n) is 7.78. The molecule has 1 heteroatoms. The number of rotatable bonds is 7. The van der Waals surface area contributed by atoms with Gasteiger partial charge in [-0.15, -0.1) is 11.6 Å². The van der Waals surface area contributed by atoms with Gasteiger partial charge in [-0.25, -0.2) is 0 Å². The minimum Gasteiger partial charge on any atom is -0.123 e. The Labute approximate surface area is 76.3 Å². The van der Waals surface area contributed by atoms with Gasteiger partial charge >= 0.3 is 0 Å². The Morgan fingerprint density at radius 2 is 1.91 bits per heavy atom. The molecule has 1 atom stereocenters. The highest BCUT2D eigenvalue weighted by molar-refractivity contribution is 6.20. The first kappa shape index (κ1) is 11.3. The van der Waals surface area contributed by atoms with Crippen LogP contribution in [0.5, 0.6) is 0 Å². The average molecular weight is 176 g/mol. The van der Waals surface area contributed by atoms with Crippen LogP contribution in [-0.4, -0.2) is 5.38 Å². The summed E-state index contributed by atoms with van der Waals surface area (Å²) in [6, 6.07) is 0. The topological polar surface area (TPSA) is 0 Å². The normalized spacial score (nSPS) is 13.4. The van der Waals surface area contributed by atoms with Gasteiger partial charge in [-0.1, -0.05) is 39.0 Å². The fourth-order valence-electron chi connectivity index (χ4n) is 1.04. The molecule has 0 N–H and O–H groups in total. The van der Waals surface area contributed by atoms with E-state index in [4.69, 9.17) is 11.6 Å². The van der Waals surface area contributed by atoms with E-state index >= 15 is 0 Å². The molecule has 0 bridgehead atoms. The number of halogens is 1. The standard InChI is InChI=1S/C10H20Cl/c1-3-4-5-6-7-8-9-10(2)11/h6,10H,3-5,7-9H2,1-2H3. The van der Waals surface area contributed by atoms with Gasteiger partial charge in [0.25, 0.3) is 0 Å². The van der Waals surface area contributed by atoms with Crippen molar-refractivity contribution in [2.45, 2.75) is 57.7 Å². The van der Waals surface area contributed by atoms with E-state index in [9.17, 15) is 0 Å². The molecule has 0 aliphatic heterocycles. The maximum Gasteiger partial charge on any atom is 0.0307 e. The monoisotopic (exact) mass is 175 g/mol. The molecule has 0 aliphatic rings. The summed E-state index contributed by atoms with van der Waals surface area (Å²) in [7, 11) is 0. The SMILES string of the molecule is CCCC[CH]CCCC(C)Cl. The molecule has 0 nitrogen and oxygen atoms in total. The highest BCUT2D eigenvalue weighted by atomic mass is 35.5. The molecule has 0 fully saturated rings. The van der Waals surface area contributed by atoms with Crippen LogP contribution in [0.2, 0.25) is 0 Å². The zero-order chi connectivity index (χ0) is 8.53. The van der Waals surface area contributed by atoms with Crippen LogP contribution in [-0.2, 0) is 0 Å². The third kappa shape index (κ3) is 10.3. The number of alkyl halides is 1. The van der Waals surface area contributed by atoms with Gasteiger partial charge in [-0.05, 0) is 19.8 Å². The second kappa shape index (κ2) is 8.39. The van der Waals surface area contributed by atoms with Gasteiger partial charge in [0.05, 0.1) is 0 Å². The van der Waals surface area contributed by atoms with Crippen molar-refractivity contribution in [3.8, 4) is 0 Å². The summed E-state index contributed by atoms with van der Waals surface area (Å²) >= 11 is 5.80. The third-order valence-corrected chi connectivity index (χ3v) is 1.99. The second-order valence-electron chi connectivity index (χ2n) is 3.14. The predicted molar refractivity (Wildman–Crippen MR) is 53.0 cm³/mol. The van der Waals surface area contributed by atoms with E-state index in [1.165, 1.54) is 32.1 Å². The van der Waals surface area contributed by atoms with Crippen molar-refractivity contribution < 1.29 is 0 Å². The molecule has 0 rings (SSSR count). The number of hydrogen-bond acceptors (Lipinski definition) is 0. The Morgan fingerprint density at radius 1 is 1.27 bits per heavy atom. The van der Waals surface area contributed by atoms with E-state index in [0.29, 0.717) is 5.38 Å². The Bertz CT molecular complexity index is 69.3. The number of unbranched alkanes of at least 4 members (excludes halogenated alkanes) is 5.